The van der Waals surface area contributed by atoms with Gasteiger partial charge in [0.1, 0.15) is 11.7 Å². The molecule has 0 aliphatic carbocycles. The SMILES string of the molecule is NC1=NN=C(c2ccc(F)c(Cl)c2)C(c2ccccc2)C1. The van der Waals surface area contributed by atoms with Gasteiger partial charge in [0.2, 0.25) is 0 Å². The summed E-state index contributed by atoms with van der Waals surface area (Å²) in [5.41, 5.74) is 8.41. The summed E-state index contributed by atoms with van der Waals surface area (Å²) in [6.07, 6.45) is 0.581. The third-order valence-electron chi connectivity index (χ3n) is 3.45. The van der Waals surface area contributed by atoms with Gasteiger partial charge in [0, 0.05) is 17.9 Å². The number of hydrogen-bond acceptors (Lipinski definition) is 3. The molecule has 1 atom stereocenters. The number of halogens is 2. The largest absolute Gasteiger partial charge is 0.386 e. The number of rotatable bonds is 2. The van der Waals surface area contributed by atoms with E-state index in [2.05, 4.69) is 10.2 Å². The molecule has 0 saturated heterocycles. The topological polar surface area (TPSA) is 50.7 Å². The molecule has 5 heteroatoms. The quantitative estimate of drug-likeness (QED) is 0.903. The average Bonchev–Trinajstić information content (AvgIpc) is 2.51. The molecule has 106 valence electrons. The van der Waals surface area contributed by atoms with Crippen LogP contribution in [0.5, 0.6) is 0 Å². The van der Waals surface area contributed by atoms with Crippen LogP contribution in [-0.2, 0) is 0 Å². The Morgan fingerprint density at radius 1 is 1.10 bits per heavy atom. The molecular weight excluding hydrogens is 289 g/mol. The summed E-state index contributed by atoms with van der Waals surface area (Å²) < 4.78 is 13.3. The second kappa shape index (κ2) is 5.66. The van der Waals surface area contributed by atoms with Crippen LogP contribution in [-0.4, -0.2) is 11.5 Å². The first-order valence-corrected chi connectivity index (χ1v) is 6.93. The summed E-state index contributed by atoms with van der Waals surface area (Å²) in [7, 11) is 0. The van der Waals surface area contributed by atoms with Crippen LogP contribution in [0.3, 0.4) is 0 Å². The molecule has 0 aromatic heterocycles. The molecule has 0 saturated carbocycles. The lowest BCUT2D eigenvalue weighted by atomic mass is 9.86. The van der Waals surface area contributed by atoms with Crippen molar-refractivity contribution in [2.24, 2.45) is 15.9 Å². The summed E-state index contributed by atoms with van der Waals surface area (Å²) in [4.78, 5) is 0. The first-order valence-electron chi connectivity index (χ1n) is 6.55. The van der Waals surface area contributed by atoms with Crippen molar-refractivity contribution in [1.29, 1.82) is 0 Å². The van der Waals surface area contributed by atoms with E-state index in [9.17, 15) is 4.39 Å². The smallest absolute Gasteiger partial charge is 0.141 e. The lowest BCUT2D eigenvalue weighted by molar-refractivity contribution is 0.628. The highest BCUT2D eigenvalue weighted by molar-refractivity contribution is 6.31. The average molecular weight is 302 g/mol. The Labute approximate surface area is 127 Å². The molecule has 3 rings (SSSR count). The molecule has 0 spiro atoms. The molecule has 0 fully saturated rings. The zero-order chi connectivity index (χ0) is 14.8. The third kappa shape index (κ3) is 2.81. The van der Waals surface area contributed by atoms with E-state index in [-0.39, 0.29) is 10.9 Å². The van der Waals surface area contributed by atoms with E-state index in [1.54, 1.807) is 12.1 Å². The number of benzene rings is 2. The van der Waals surface area contributed by atoms with E-state index in [4.69, 9.17) is 17.3 Å². The molecule has 2 N–H and O–H groups in total. The summed E-state index contributed by atoms with van der Waals surface area (Å²) in [6, 6.07) is 14.5. The lowest BCUT2D eigenvalue weighted by Gasteiger charge is -2.22. The molecule has 2 aromatic rings. The molecule has 1 aliphatic heterocycles. The summed E-state index contributed by atoms with van der Waals surface area (Å²) >= 11 is 5.86. The van der Waals surface area contributed by atoms with Gasteiger partial charge in [-0.25, -0.2) is 4.39 Å². The summed E-state index contributed by atoms with van der Waals surface area (Å²) in [6.45, 7) is 0. The molecule has 2 aromatic carbocycles. The zero-order valence-electron chi connectivity index (χ0n) is 11.1. The van der Waals surface area contributed by atoms with Crippen molar-refractivity contribution in [2.75, 3.05) is 0 Å². The van der Waals surface area contributed by atoms with Crippen molar-refractivity contribution in [2.45, 2.75) is 12.3 Å². The van der Waals surface area contributed by atoms with Crippen LogP contribution in [0.4, 0.5) is 4.39 Å². The zero-order valence-corrected chi connectivity index (χ0v) is 11.9. The number of nitrogens with zero attached hydrogens (tertiary/aromatic N) is 2. The van der Waals surface area contributed by atoms with Crippen molar-refractivity contribution in [3.05, 3.63) is 70.5 Å². The second-order valence-corrected chi connectivity index (χ2v) is 5.28. The van der Waals surface area contributed by atoms with Gasteiger partial charge in [-0.2, -0.15) is 5.10 Å². The minimum Gasteiger partial charge on any atom is -0.386 e. The lowest BCUT2D eigenvalue weighted by Crippen LogP contribution is -2.25. The predicted molar refractivity (Wildman–Crippen MR) is 83.4 cm³/mol. The summed E-state index contributed by atoms with van der Waals surface area (Å²) in [5.74, 6) is 0.0298. The minimum atomic E-state index is -0.448. The second-order valence-electron chi connectivity index (χ2n) is 4.87. The van der Waals surface area contributed by atoms with Crippen molar-refractivity contribution >= 4 is 23.1 Å². The van der Waals surface area contributed by atoms with Crippen LogP contribution in [0.2, 0.25) is 5.02 Å². The maximum absolute atomic E-state index is 13.3. The van der Waals surface area contributed by atoms with Gasteiger partial charge >= 0.3 is 0 Å². The molecule has 1 heterocycles. The maximum atomic E-state index is 13.3. The van der Waals surface area contributed by atoms with Gasteiger partial charge < -0.3 is 5.73 Å². The molecule has 1 aliphatic rings. The standard InChI is InChI=1S/C16H13ClFN3/c17-13-8-11(6-7-14(13)18)16-12(9-15(19)20-21-16)10-4-2-1-3-5-10/h1-8,12H,9H2,(H2,19,20). The van der Waals surface area contributed by atoms with Crippen LogP contribution in [0.25, 0.3) is 0 Å². The Morgan fingerprint density at radius 2 is 1.86 bits per heavy atom. The van der Waals surface area contributed by atoms with Crippen LogP contribution in [0.1, 0.15) is 23.5 Å². The van der Waals surface area contributed by atoms with Crippen molar-refractivity contribution < 1.29 is 4.39 Å². The van der Waals surface area contributed by atoms with Crippen LogP contribution in [0.15, 0.2) is 58.7 Å². The van der Waals surface area contributed by atoms with Gasteiger partial charge in [-0.05, 0) is 17.7 Å². The van der Waals surface area contributed by atoms with Crippen LogP contribution < -0.4 is 5.73 Å². The number of hydrogen-bond donors (Lipinski definition) is 1. The first kappa shape index (κ1) is 13.8. The highest BCUT2D eigenvalue weighted by atomic mass is 35.5. The monoisotopic (exact) mass is 301 g/mol. The number of amidine groups is 1. The fourth-order valence-corrected chi connectivity index (χ4v) is 2.59. The molecular formula is C16H13ClFN3. The maximum Gasteiger partial charge on any atom is 0.141 e. The van der Waals surface area contributed by atoms with E-state index in [0.29, 0.717) is 12.3 Å². The fraction of sp³-hybridized carbons (Fsp3) is 0.125. The molecule has 0 radical (unpaired) electrons. The Hall–Kier alpha value is -2.20. The highest BCUT2D eigenvalue weighted by Gasteiger charge is 2.25. The van der Waals surface area contributed by atoms with Gasteiger partial charge in [-0.3, -0.25) is 0 Å². The molecule has 0 bridgehead atoms. The fourth-order valence-electron chi connectivity index (χ4n) is 2.41. The molecule has 1 unspecified atom stereocenters. The van der Waals surface area contributed by atoms with Gasteiger partial charge in [-0.1, -0.05) is 48.0 Å². The van der Waals surface area contributed by atoms with E-state index >= 15 is 0 Å². The van der Waals surface area contributed by atoms with Gasteiger partial charge in [0.15, 0.2) is 0 Å². The van der Waals surface area contributed by atoms with Gasteiger partial charge in [0.05, 0.1) is 10.7 Å². The molecule has 3 nitrogen and oxygen atoms in total. The van der Waals surface area contributed by atoms with E-state index < -0.39 is 5.82 Å². The minimum absolute atomic E-state index is 0.00905. The normalized spacial score (nSPS) is 18.1. The highest BCUT2D eigenvalue weighted by Crippen LogP contribution is 2.29. The molecule has 0 amide bonds. The Bertz CT molecular complexity index is 726. The Morgan fingerprint density at radius 3 is 2.57 bits per heavy atom. The molecule has 21 heavy (non-hydrogen) atoms. The van der Waals surface area contributed by atoms with E-state index in [1.165, 1.54) is 6.07 Å². The summed E-state index contributed by atoms with van der Waals surface area (Å²) in [5, 5.41) is 8.24. The number of nitrogens with two attached hydrogens (primary N) is 1. The first-order chi connectivity index (χ1) is 10.1. The third-order valence-corrected chi connectivity index (χ3v) is 3.74. The Kier molecular flexibility index (Phi) is 3.71. The van der Waals surface area contributed by atoms with Crippen LogP contribution >= 0.6 is 11.6 Å². The Balaban J connectivity index is 2.06. The van der Waals surface area contributed by atoms with E-state index in [1.807, 2.05) is 30.3 Å². The van der Waals surface area contributed by atoms with Gasteiger partial charge in [-0.15, -0.1) is 5.10 Å². The van der Waals surface area contributed by atoms with Crippen LogP contribution in [0, 0.1) is 5.82 Å². The van der Waals surface area contributed by atoms with Crippen molar-refractivity contribution in [1.82, 2.24) is 0 Å². The van der Waals surface area contributed by atoms with Crippen molar-refractivity contribution in [3.8, 4) is 0 Å². The van der Waals surface area contributed by atoms with E-state index in [0.717, 1.165) is 16.8 Å². The van der Waals surface area contributed by atoms with Gasteiger partial charge in [0.25, 0.3) is 0 Å². The predicted octanol–water partition coefficient (Wildman–Crippen LogP) is 3.73. The van der Waals surface area contributed by atoms with Crippen molar-refractivity contribution in [3.63, 3.8) is 0 Å².